The lowest BCUT2D eigenvalue weighted by Gasteiger charge is -2.33. The van der Waals surface area contributed by atoms with Crippen molar-refractivity contribution in [1.29, 1.82) is 0 Å². The van der Waals surface area contributed by atoms with Crippen molar-refractivity contribution in [2.24, 2.45) is 0 Å². The van der Waals surface area contributed by atoms with Crippen LogP contribution in [0.5, 0.6) is 0 Å². The topological polar surface area (TPSA) is 112 Å². The van der Waals surface area contributed by atoms with Crippen molar-refractivity contribution in [3.63, 3.8) is 0 Å². The first kappa shape index (κ1) is 16.2. The van der Waals surface area contributed by atoms with E-state index in [9.17, 15) is 9.59 Å². The van der Waals surface area contributed by atoms with Crippen LogP contribution >= 0.6 is 0 Å². The third kappa shape index (κ3) is 4.00. The molecule has 1 atom stereocenters. The Morgan fingerprint density at radius 2 is 2.12 bits per heavy atom. The third-order valence-corrected chi connectivity index (χ3v) is 3.77. The summed E-state index contributed by atoms with van der Waals surface area (Å²) < 4.78 is 10.8. The molecule has 2 aromatic heterocycles. The zero-order chi connectivity index (χ0) is 16.8. The predicted octanol–water partition coefficient (Wildman–Crippen LogP) is 0.131. The molecule has 0 unspecified atom stereocenters. The Bertz CT molecular complexity index is 649. The molecule has 1 aliphatic rings. The van der Waals surface area contributed by atoms with Crippen molar-refractivity contribution >= 4 is 17.6 Å². The summed E-state index contributed by atoms with van der Waals surface area (Å²) in [5.74, 6) is -0.356. The molecule has 0 spiro atoms. The molecule has 3 N–H and O–H groups in total. The average molecular weight is 333 g/mol. The largest absolute Gasteiger partial charge is 0.468 e. The molecule has 9 heteroatoms. The van der Waals surface area contributed by atoms with Crippen molar-refractivity contribution < 1.29 is 18.7 Å². The summed E-state index contributed by atoms with van der Waals surface area (Å²) >= 11 is 0. The van der Waals surface area contributed by atoms with E-state index < -0.39 is 11.8 Å². The van der Waals surface area contributed by atoms with Gasteiger partial charge in [0.25, 0.3) is 0 Å². The summed E-state index contributed by atoms with van der Waals surface area (Å²) in [4.78, 5) is 26.0. The Labute approximate surface area is 138 Å². The molecule has 0 saturated carbocycles. The zero-order valence-corrected chi connectivity index (χ0v) is 13.0. The first-order valence-electron chi connectivity index (χ1n) is 7.68. The highest BCUT2D eigenvalue weighted by Gasteiger charge is 2.26. The van der Waals surface area contributed by atoms with Gasteiger partial charge < -0.3 is 19.8 Å². The van der Waals surface area contributed by atoms with Crippen molar-refractivity contribution in [2.75, 3.05) is 38.2 Å². The fourth-order valence-corrected chi connectivity index (χ4v) is 2.55. The summed E-state index contributed by atoms with van der Waals surface area (Å²) in [7, 11) is 0. The lowest BCUT2D eigenvalue weighted by atomic mass is 10.1. The highest BCUT2D eigenvalue weighted by Crippen LogP contribution is 2.21. The summed E-state index contributed by atoms with van der Waals surface area (Å²) in [6.45, 7) is 3.00. The fourth-order valence-electron chi connectivity index (χ4n) is 2.55. The standard InChI is InChI=1S/C15H19N5O4/c21-14(15(22)18-13-3-4-17-19-13)16-10-11(12-2-1-7-24-12)20-5-8-23-9-6-20/h1-4,7,11H,5-6,8-10H2,(H,16,21)(H2,17,18,19,22)/t11-/m1/s1. The average Bonchev–Trinajstić information content (AvgIpc) is 3.30. The number of aromatic nitrogens is 2. The van der Waals surface area contributed by atoms with Gasteiger partial charge in [0.15, 0.2) is 0 Å². The number of aromatic amines is 1. The monoisotopic (exact) mass is 333 g/mol. The minimum atomic E-state index is -0.751. The highest BCUT2D eigenvalue weighted by atomic mass is 16.5. The van der Waals surface area contributed by atoms with Crippen molar-refractivity contribution in [2.45, 2.75) is 6.04 Å². The molecule has 2 aromatic rings. The Morgan fingerprint density at radius 3 is 2.79 bits per heavy atom. The van der Waals surface area contributed by atoms with Crippen LogP contribution in [0.15, 0.2) is 35.1 Å². The Balaban J connectivity index is 1.58. The summed E-state index contributed by atoms with van der Waals surface area (Å²) in [6, 6.07) is 5.07. The van der Waals surface area contributed by atoms with Crippen LogP contribution in [0.4, 0.5) is 5.82 Å². The number of nitrogens with one attached hydrogen (secondary N) is 3. The van der Waals surface area contributed by atoms with E-state index in [1.807, 2.05) is 6.07 Å². The van der Waals surface area contributed by atoms with Gasteiger partial charge in [-0.15, -0.1) is 0 Å². The molecule has 1 fully saturated rings. The van der Waals surface area contributed by atoms with Gasteiger partial charge in [0, 0.05) is 25.7 Å². The normalized spacial score (nSPS) is 16.5. The number of carbonyl (C=O) groups excluding carboxylic acids is 2. The number of carbonyl (C=O) groups is 2. The number of morpholine rings is 1. The Hall–Kier alpha value is -2.65. The SMILES string of the molecule is O=C(NC[C@H](c1ccco1)N1CCOCC1)C(=O)Nc1ccn[nH]1. The van der Waals surface area contributed by atoms with E-state index in [1.165, 1.54) is 6.20 Å². The van der Waals surface area contributed by atoms with E-state index in [0.29, 0.717) is 19.0 Å². The molecule has 2 amide bonds. The molecule has 0 aromatic carbocycles. The minimum absolute atomic E-state index is 0.146. The molecular formula is C15H19N5O4. The second kappa shape index (κ2) is 7.75. The van der Waals surface area contributed by atoms with Crippen LogP contribution in [-0.4, -0.2) is 59.8 Å². The Morgan fingerprint density at radius 1 is 1.29 bits per heavy atom. The number of anilines is 1. The van der Waals surface area contributed by atoms with E-state index in [1.54, 1.807) is 18.4 Å². The number of ether oxygens (including phenoxy) is 1. The molecule has 0 radical (unpaired) electrons. The Kier molecular flexibility index (Phi) is 5.24. The zero-order valence-electron chi connectivity index (χ0n) is 13.0. The number of furan rings is 1. The molecule has 1 saturated heterocycles. The maximum atomic E-state index is 12.0. The lowest BCUT2D eigenvalue weighted by molar-refractivity contribution is -0.136. The maximum Gasteiger partial charge on any atom is 0.314 e. The quantitative estimate of drug-likeness (QED) is 0.671. The number of amides is 2. The first-order valence-corrected chi connectivity index (χ1v) is 7.68. The number of nitrogens with zero attached hydrogens (tertiary/aromatic N) is 2. The smallest absolute Gasteiger partial charge is 0.314 e. The van der Waals surface area contributed by atoms with Gasteiger partial charge in [-0.05, 0) is 12.1 Å². The van der Waals surface area contributed by atoms with E-state index >= 15 is 0 Å². The van der Waals surface area contributed by atoms with E-state index in [-0.39, 0.29) is 12.6 Å². The predicted molar refractivity (Wildman–Crippen MR) is 84.1 cm³/mol. The van der Waals surface area contributed by atoms with Gasteiger partial charge >= 0.3 is 11.8 Å². The van der Waals surface area contributed by atoms with E-state index in [0.717, 1.165) is 18.8 Å². The highest BCUT2D eigenvalue weighted by molar-refractivity contribution is 6.39. The molecule has 24 heavy (non-hydrogen) atoms. The summed E-state index contributed by atoms with van der Waals surface area (Å²) in [5, 5.41) is 11.4. The van der Waals surface area contributed by atoms with E-state index in [4.69, 9.17) is 9.15 Å². The molecule has 1 aliphatic heterocycles. The van der Waals surface area contributed by atoms with Gasteiger partial charge in [0.05, 0.1) is 31.7 Å². The molecule has 0 bridgehead atoms. The molecule has 9 nitrogen and oxygen atoms in total. The minimum Gasteiger partial charge on any atom is -0.468 e. The second-order valence-corrected chi connectivity index (χ2v) is 5.31. The summed E-state index contributed by atoms with van der Waals surface area (Å²) in [5.41, 5.74) is 0. The van der Waals surface area contributed by atoms with Gasteiger partial charge in [0.1, 0.15) is 11.6 Å². The molecule has 3 rings (SSSR count). The summed E-state index contributed by atoms with van der Waals surface area (Å²) in [6.07, 6.45) is 3.08. The van der Waals surface area contributed by atoms with Gasteiger partial charge in [-0.2, -0.15) is 5.10 Å². The number of hydrogen-bond acceptors (Lipinski definition) is 6. The van der Waals surface area contributed by atoms with Crippen LogP contribution in [0.3, 0.4) is 0 Å². The van der Waals surface area contributed by atoms with Crippen molar-refractivity contribution in [3.05, 3.63) is 36.4 Å². The van der Waals surface area contributed by atoms with Crippen LogP contribution in [0, 0.1) is 0 Å². The van der Waals surface area contributed by atoms with Crippen LogP contribution in [0.2, 0.25) is 0 Å². The molecular weight excluding hydrogens is 314 g/mol. The van der Waals surface area contributed by atoms with Gasteiger partial charge in [-0.25, -0.2) is 0 Å². The number of H-pyrrole nitrogens is 1. The first-order chi connectivity index (χ1) is 11.7. The van der Waals surface area contributed by atoms with Crippen molar-refractivity contribution in [3.8, 4) is 0 Å². The molecule has 0 aliphatic carbocycles. The van der Waals surface area contributed by atoms with Crippen LogP contribution in [0.1, 0.15) is 11.8 Å². The fraction of sp³-hybridized carbons (Fsp3) is 0.400. The van der Waals surface area contributed by atoms with Crippen LogP contribution < -0.4 is 10.6 Å². The third-order valence-electron chi connectivity index (χ3n) is 3.77. The second-order valence-electron chi connectivity index (χ2n) is 5.31. The maximum absolute atomic E-state index is 12.0. The van der Waals surface area contributed by atoms with Crippen LogP contribution in [-0.2, 0) is 14.3 Å². The number of hydrogen-bond donors (Lipinski definition) is 3. The van der Waals surface area contributed by atoms with Crippen molar-refractivity contribution in [1.82, 2.24) is 20.4 Å². The van der Waals surface area contributed by atoms with Crippen LogP contribution in [0.25, 0.3) is 0 Å². The lowest BCUT2D eigenvalue weighted by Crippen LogP contribution is -2.45. The van der Waals surface area contributed by atoms with Gasteiger partial charge in [-0.1, -0.05) is 0 Å². The molecule has 128 valence electrons. The van der Waals surface area contributed by atoms with Gasteiger partial charge in [-0.3, -0.25) is 19.6 Å². The molecule has 3 heterocycles. The van der Waals surface area contributed by atoms with E-state index in [2.05, 4.69) is 25.7 Å². The van der Waals surface area contributed by atoms with Gasteiger partial charge in [0.2, 0.25) is 0 Å². The number of rotatable bonds is 5.